The molecule has 28 heavy (non-hydrogen) atoms. The van der Waals surface area contributed by atoms with Gasteiger partial charge >= 0.3 is 5.97 Å². The summed E-state index contributed by atoms with van der Waals surface area (Å²) in [6, 6.07) is 8.70. The number of aryl methyl sites for hydroxylation is 1. The van der Waals surface area contributed by atoms with Crippen LogP contribution in [0.3, 0.4) is 0 Å². The first-order valence-electron chi connectivity index (χ1n) is 9.67. The Bertz CT molecular complexity index is 828. The van der Waals surface area contributed by atoms with Gasteiger partial charge in [0.2, 0.25) is 5.95 Å². The molecule has 1 fully saturated rings. The molecule has 1 aliphatic rings. The second-order valence-electron chi connectivity index (χ2n) is 7.07. The van der Waals surface area contributed by atoms with Crippen molar-refractivity contribution in [2.24, 2.45) is 0 Å². The number of anilines is 2. The number of benzene rings is 1. The number of methoxy groups -OCH3 is 1. The van der Waals surface area contributed by atoms with Crippen LogP contribution in [0.2, 0.25) is 0 Å². The topological polar surface area (TPSA) is 93.2 Å². The van der Waals surface area contributed by atoms with Crippen molar-refractivity contribution in [3.8, 4) is 0 Å². The van der Waals surface area contributed by atoms with Gasteiger partial charge in [-0.25, -0.2) is 14.8 Å². The third-order valence-corrected chi connectivity index (χ3v) is 4.84. The number of rotatable bonds is 5. The van der Waals surface area contributed by atoms with E-state index in [2.05, 4.69) is 20.6 Å². The van der Waals surface area contributed by atoms with Crippen LogP contribution in [0, 0.1) is 6.92 Å². The summed E-state index contributed by atoms with van der Waals surface area (Å²) in [4.78, 5) is 32.9. The number of carbonyl (C=O) groups is 2. The molecule has 0 saturated heterocycles. The Morgan fingerprint density at radius 3 is 2.36 bits per heavy atom. The first-order valence-corrected chi connectivity index (χ1v) is 9.67. The van der Waals surface area contributed by atoms with Crippen LogP contribution in [-0.2, 0) is 4.74 Å². The lowest BCUT2D eigenvalue weighted by Gasteiger charge is -2.16. The second kappa shape index (κ2) is 9.30. The Hall–Kier alpha value is -2.96. The quantitative estimate of drug-likeness (QED) is 0.604. The standard InChI is InChI=1S/C21H26N4O3/c1-14-13-18(19(26)23-16-7-5-3-4-6-8-16)25-21(22-14)24-17-11-9-15(10-12-17)20(27)28-2/h9-13,16H,3-8H2,1-2H3,(H,23,26)(H,22,24,25). The zero-order valence-corrected chi connectivity index (χ0v) is 16.3. The van der Waals surface area contributed by atoms with E-state index in [0.29, 0.717) is 28.6 Å². The van der Waals surface area contributed by atoms with Crippen LogP contribution in [0.15, 0.2) is 30.3 Å². The van der Waals surface area contributed by atoms with Crippen molar-refractivity contribution in [1.82, 2.24) is 15.3 Å². The van der Waals surface area contributed by atoms with Gasteiger partial charge in [-0.3, -0.25) is 4.79 Å². The largest absolute Gasteiger partial charge is 0.465 e. The van der Waals surface area contributed by atoms with E-state index in [1.54, 1.807) is 30.3 Å². The molecule has 0 bridgehead atoms. The summed E-state index contributed by atoms with van der Waals surface area (Å²) < 4.78 is 4.69. The number of hydrogen-bond acceptors (Lipinski definition) is 6. The van der Waals surface area contributed by atoms with Crippen LogP contribution in [0.25, 0.3) is 0 Å². The highest BCUT2D eigenvalue weighted by molar-refractivity contribution is 5.93. The smallest absolute Gasteiger partial charge is 0.337 e. The van der Waals surface area contributed by atoms with Crippen molar-refractivity contribution in [3.05, 3.63) is 47.3 Å². The molecule has 1 aromatic carbocycles. The van der Waals surface area contributed by atoms with E-state index in [-0.39, 0.29) is 11.9 Å². The minimum Gasteiger partial charge on any atom is -0.465 e. The molecule has 2 aromatic rings. The third-order valence-electron chi connectivity index (χ3n) is 4.84. The van der Waals surface area contributed by atoms with Crippen LogP contribution in [0.4, 0.5) is 11.6 Å². The van der Waals surface area contributed by atoms with Crippen LogP contribution < -0.4 is 10.6 Å². The lowest BCUT2D eigenvalue weighted by atomic mass is 10.1. The average molecular weight is 382 g/mol. The molecule has 1 amide bonds. The molecule has 0 aliphatic heterocycles. The number of aromatic nitrogens is 2. The number of amides is 1. The van der Waals surface area contributed by atoms with Gasteiger partial charge in [0.1, 0.15) is 5.69 Å². The molecule has 7 nitrogen and oxygen atoms in total. The first kappa shape index (κ1) is 19.8. The Morgan fingerprint density at radius 1 is 1.04 bits per heavy atom. The molecular weight excluding hydrogens is 356 g/mol. The van der Waals surface area contributed by atoms with Crippen molar-refractivity contribution < 1.29 is 14.3 Å². The van der Waals surface area contributed by atoms with Gasteiger partial charge < -0.3 is 15.4 Å². The van der Waals surface area contributed by atoms with Gasteiger partial charge in [-0.2, -0.15) is 0 Å². The molecule has 1 heterocycles. The second-order valence-corrected chi connectivity index (χ2v) is 7.07. The minimum absolute atomic E-state index is 0.165. The summed E-state index contributed by atoms with van der Waals surface area (Å²) in [5, 5.41) is 6.19. The van der Waals surface area contributed by atoms with Gasteiger partial charge in [-0.1, -0.05) is 25.7 Å². The summed E-state index contributed by atoms with van der Waals surface area (Å²) >= 11 is 0. The molecular formula is C21H26N4O3. The number of nitrogens with zero attached hydrogens (tertiary/aromatic N) is 2. The molecule has 1 aliphatic carbocycles. The van der Waals surface area contributed by atoms with E-state index < -0.39 is 5.97 Å². The van der Waals surface area contributed by atoms with Crippen molar-refractivity contribution >= 4 is 23.5 Å². The number of nitrogens with one attached hydrogen (secondary N) is 2. The summed E-state index contributed by atoms with van der Waals surface area (Å²) in [5.41, 5.74) is 2.23. The van der Waals surface area contributed by atoms with E-state index in [4.69, 9.17) is 4.74 Å². The highest BCUT2D eigenvalue weighted by Gasteiger charge is 2.17. The molecule has 3 rings (SSSR count). The maximum absolute atomic E-state index is 12.7. The first-order chi connectivity index (χ1) is 13.5. The van der Waals surface area contributed by atoms with Gasteiger partial charge in [0.15, 0.2) is 0 Å². The van der Waals surface area contributed by atoms with Crippen LogP contribution >= 0.6 is 0 Å². The maximum Gasteiger partial charge on any atom is 0.337 e. The predicted molar refractivity (Wildman–Crippen MR) is 107 cm³/mol. The number of esters is 1. The van der Waals surface area contributed by atoms with E-state index in [1.807, 2.05) is 6.92 Å². The molecule has 0 radical (unpaired) electrons. The van der Waals surface area contributed by atoms with Crippen molar-refractivity contribution in [1.29, 1.82) is 0 Å². The van der Waals surface area contributed by atoms with Crippen molar-refractivity contribution in [3.63, 3.8) is 0 Å². The molecule has 2 N–H and O–H groups in total. The Morgan fingerprint density at radius 2 is 1.71 bits per heavy atom. The third kappa shape index (κ3) is 5.28. The minimum atomic E-state index is -0.393. The van der Waals surface area contributed by atoms with Gasteiger partial charge in [0.05, 0.1) is 12.7 Å². The van der Waals surface area contributed by atoms with Crippen LogP contribution in [0.1, 0.15) is 65.1 Å². The van der Waals surface area contributed by atoms with Gasteiger partial charge in [-0.05, 0) is 50.1 Å². The fourth-order valence-corrected chi connectivity index (χ4v) is 3.36. The molecule has 148 valence electrons. The monoisotopic (exact) mass is 382 g/mol. The number of ether oxygens (including phenoxy) is 1. The fourth-order valence-electron chi connectivity index (χ4n) is 3.36. The summed E-state index contributed by atoms with van der Waals surface area (Å²) in [7, 11) is 1.34. The highest BCUT2D eigenvalue weighted by atomic mass is 16.5. The normalized spacial score (nSPS) is 14.8. The predicted octanol–water partition coefficient (Wildman–Crippen LogP) is 3.77. The molecule has 0 spiro atoms. The van der Waals surface area contributed by atoms with Gasteiger partial charge in [0.25, 0.3) is 5.91 Å². The summed E-state index contributed by atoms with van der Waals surface area (Å²) in [6.07, 6.45) is 6.83. The zero-order valence-electron chi connectivity index (χ0n) is 16.3. The van der Waals surface area contributed by atoms with Crippen LogP contribution in [-0.4, -0.2) is 35.0 Å². The molecule has 0 atom stereocenters. The van der Waals surface area contributed by atoms with Crippen LogP contribution in [0.5, 0.6) is 0 Å². The SMILES string of the molecule is COC(=O)c1ccc(Nc2nc(C)cc(C(=O)NC3CCCCCC3)n2)cc1. The molecule has 1 aromatic heterocycles. The van der Waals surface area contributed by atoms with E-state index >= 15 is 0 Å². The highest BCUT2D eigenvalue weighted by Crippen LogP contribution is 2.18. The average Bonchev–Trinajstić information content (AvgIpc) is 2.96. The van der Waals surface area contributed by atoms with Gasteiger partial charge in [-0.15, -0.1) is 0 Å². The lowest BCUT2D eigenvalue weighted by molar-refractivity contribution is 0.0600. The van der Waals surface area contributed by atoms with Gasteiger partial charge in [0, 0.05) is 17.4 Å². The molecule has 7 heteroatoms. The Kier molecular flexibility index (Phi) is 6.57. The lowest BCUT2D eigenvalue weighted by Crippen LogP contribution is -2.35. The number of carbonyl (C=O) groups excluding carboxylic acids is 2. The Labute approximate surface area is 164 Å². The van der Waals surface area contributed by atoms with E-state index in [0.717, 1.165) is 25.7 Å². The summed E-state index contributed by atoms with van der Waals surface area (Å²) in [6.45, 7) is 1.83. The maximum atomic E-state index is 12.7. The Balaban J connectivity index is 1.70. The zero-order chi connectivity index (χ0) is 19.9. The molecule has 1 saturated carbocycles. The van der Waals surface area contributed by atoms with E-state index in [9.17, 15) is 9.59 Å². The van der Waals surface area contributed by atoms with E-state index in [1.165, 1.54) is 20.0 Å². The number of hydrogen-bond donors (Lipinski definition) is 2. The fraction of sp³-hybridized carbons (Fsp3) is 0.429. The van der Waals surface area contributed by atoms with Crippen molar-refractivity contribution in [2.75, 3.05) is 12.4 Å². The van der Waals surface area contributed by atoms with Crippen molar-refractivity contribution in [2.45, 2.75) is 51.5 Å². The molecule has 0 unspecified atom stereocenters. The summed E-state index contributed by atoms with van der Waals surface area (Å²) in [5.74, 6) is -0.214.